The monoisotopic (exact) mass is 361 g/mol. The Morgan fingerprint density at radius 3 is 2.32 bits per heavy atom. The summed E-state index contributed by atoms with van der Waals surface area (Å²) >= 11 is 6.00. The van der Waals surface area contributed by atoms with Crippen molar-refractivity contribution < 1.29 is 14.3 Å². The Kier molecular flexibility index (Phi) is 4.27. The van der Waals surface area contributed by atoms with Crippen LogP contribution in [0.15, 0.2) is 24.3 Å². The number of nitrogens with one attached hydrogen (secondary N) is 1. The van der Waals surface area contributed by atoms with Crippen molar-refractivity contribution in [2.75, 3.05) is 0 Å². The van der Waals surface area contributed by atoms with E-state index in [-0.39, 0.29) is 29.8 Å². The first-order valence-electron chi connectivity index (χ1n) is 9.33. The molecule has 25 heavy (non-hydrogen) atoms. The number of halogens is 1. The average molecular weight is 362 g/mol. The molecular formula is C20H24ClNO3. The molecule has 1 N–H and O–H groups in total. The molecule has 2 saturated carbocycles. The summed E-state index contributed by atoms with van der Waals surface area (Å²) in [5.74, 6) is -0.608. The van der Waals surface area contributed by atoms with Crippen LogP contribution in [0, 0.1) is 5.92 Å². The van der Waals surface area contributed by atoms with Gasteiger partial charge < -0.3 is 10.1 Å². The van der Waals surface area contributed by atoms with Crippen molar-refractivity contribution in [3.63, 3.8) is 0 Å². The summed E-state index contributed by atoms with van der Waals surface area (Å²) < 4.78 is 5.69. The van der Waals surface area contributed by atoms with Crippen LogP contribution in [0.4, 0.5) is 0 Å². The molecule has 4 rings (SSSR count). The first-order valence-corrected chi connectivity index (χ1v) is 9.71. The Hall–Kier alpha value is -1.55. The highest BCUT2D eigenvalue weighted by molar-refractivity contribution is 6.30. The number of amides is 1. The van der Waals surface area contributed by atoms with Crippen LogP contribution < -0.4 is 5.32 Å². The maximum Gasteiger partial charge on any atom is 0.307 e. The second kappa shape index (κ2) is 6.31. The van der Waals surface area contributed by atoms with Crippen LogP contribution in [0.25, 0.3) is 0 Å². The number of carbonyl (C=O) groups is 2. The first kappa shape index (κ1) is 16.9. The smallest absolute Gasteiger partial charge is 0.307 e. The van der Waals surface area contributed by atoms with Crippen molar-refractivity contribution in [1.29, 1.82) is 0 Å². The van der Waals surface area contributed by atoms with Crippen molar-refractivity contribution in [3.05, 3.63) is 34.9 Å². The van der Waals surface area contributed by atoms with E-state index in [2.05, 4.69) is 5.32 Å². The van der Waals surface area contributed by atoms with Gasteiger partial charge in [0.05, 0.1) is 17.9 Å². The van der Waals surface area contributed by atoms with Gasteiger partial charge in [0.1, 0.15) is 5.60 Å². The molecule has 2 aliphatic carbocycles. The summed E-state index contributed by atoms with van der Waals surface area (Å²) in [7, 11) is 0. The third kappa shape index (κ3) is 2.95. The molecule has 1 aliphatic heterocycles. The summed E-state index contributed by atoms with van der Waals surface area (Å²) in [6, 6.07) is 7.73. The molecule has 0 radical (unpaired) electrons. The molecule has 1 amide bonds. The van der Waals surface area contributed by atoms with E-state index in [1.165, 1.54) is 0 Å². The summed E-state index contributed by atoms with van der Waals surface area (Å²) in [5, 5.41) is 3.98. The zero-order valence-corrected chi connectivity index (χ0v) is 15.1. The van der Waals surface area contributed by atoms with E-state index in [1.54, 1.807) is 0 Å². The fraction of sp³-hybridized carbons (Fsp3) is 0.600. The molecule has 1 aromatic rings. The SMILES string of the molecule is O=C1C[C@H](C(=O)NC2(c3ccc(Cl)cc3)CCC2)C2(CCCCC2)O1. The first-order chi connectivity index (χ1) is 12.0. The number of carbonyl (C=O) groups excluding carboxylic acids is 2. The Bertz CT molecular complexity index is 675. The number of rotatable bonds is 3. The number of esters is 1. The van der Waals surface area contributed by atoms with Gasteiger partial charge in [-0.05, 0) is 62.6 Å². The van der Waals surface area contributed by atoms with Crippen LogP contribution in [-0.2, 0) is 19.9 Å². The topological polar surface area (TPSA) is 55.4 Å². The van der Waals surface area contributed by atoms with Crippen LogP contribution in [-0.4, -0.2) is 17.5 Å². The summed E-state index contributed by atoms with van der Waals surface area (Å²) in [5.41, 5.74) is 0.215. The van der Waals surface area contributed by atoms with E-state index >= 15 is 0 Å². The van der Waals surface area contributed by atoms with E-state index < -0.39 is 5.60 Å². The van der Waals surface area contributed by atoms with Crippen LogP contribution in [0.1, 0.15) is 63.4 Å². The van der Waals surface area contributed by atoms with Gasteiger partial charge in [-0.3, -0.25) is 9.59 Å². The number of hydrogen-bond donors (Lipinski definition) is 1. The maximum atomic E-state index is 13.1. The second-order valence-corrected chi connectivity index (χ2v) is 8.22. The lowest BCUT2D eigenvalue weighted by Gasteiger charge is -2.45. The Morgan fingerprint density at radius 2 is 1.72 bits per heavy atom. The van der Waals surface area contributed by atoms with E-state index in [4.69, 9.17) is 16.3 Å². The third-order valence-electron chi connectivity index (χ3n) is 6.31. The van der Waals surface area contributed by atoms with Gasteiger partial charge in [-0.15, -0.1) is 0 Å². The van der Waals surface area contributed by atoms with E-state index in [0.717, 1.165) is 56.9 Å². The van der Waals surface area contributed by atoms with Crippen molar-refractivity contribution in [2.24, 2.45) is 5.92 Å². The molecule has 5 heteroatoms. The quantitative estimate of drug-likeness (QED) is 0.824. The predicted octanol–water partition coefficient (Wildman–Crippen LogP) is 4.10. The number of hydrogen-bond acceptors (Lipinski definition) is 3. The van der Waals surface area contributed by atoms with Gasteiger partial charge in [0.25, 0.3) is 0 Å². The minimum Gasteiger partial charge on any atom is -0.458 e. The van der Waals surface area contributed by atoms with Crippen LogP contribution >= 0.6 is 11.6 Å². The van der Waals surface area contributed by atoms with Crippen molar-refractivity contribution >= 4 is 23.5 Å². The van der Waals surface area contributed by atoms with Crippen LogP contribution in [0.3, 0.4) is 0 Å². The van der Waals surface area contributed by atoms with Gasteiger partial charge in [0.2, 0.25) is 5.91 Å². The third-order valence-corrected chi connectivity index (χ3v) is 6.56. The van der Waals surface area contributed by atoms with Crippen LogP contribution in [0.5, 0.6) is 0 Å². The number of benzene rings is 1. The highest BCUT2D eigenvalue weighted by atomic mass is 35.5. The lowest BCUT2D eigenvalue weighted by Crippen LogP contribution is -2.55. The molecule has 0 aromatic heterocycles. The zero-order chi connectivity index (χ0) is 17.5. The molecule has 1 spiro atoms. The van der Waals surface area contributed by atoms with Gasteiger partial charge in [0, 0.05) is 5.02 Å². The largest absolute Gasteiger partial charge is 0.458 e. The Labute approximate surface area is 153 Å². The van der Waals surface area contributed by atoms with Gasteiger partial charge in [-0.25, -0.2) is 0 Å². The van der Waals surface area contributed by atoms with E-state index in [1.807, 2.05) is 24.3 Å². The Balaban J connectivity index is 1.55. The fourth-order valence-electron chi connectivity index (χ4n) is 4.73. The van der Waals surface area contributed by atoms with Crippen molar-refractivity contribution in [3.8, 4) is 0 Å². The minimum absolute atomic E-state index is 0.0256. The summed E-state index contributed by atoms with van der Waals surface area (Å²) in [6.07, 6.45) is 7.98. The fourth-order valence-corrected chi connectivity index (χ4v) is 4.86. The standard InChI is InChI=1S/C20H24ClNO3/c21-15-7-5-14(6-8-15)19(9-4-10-19)22-18(24)16-13-17(23)25-20(16)11-2-1-3-12-20/h5-8,16H,1-4,9-13H2,(H,22,24)/t16-/m1/s1. The highest BCUT2D eigenvalue weighted by Gasteiger charge is 2.54. The molecule has 0 bridgehead atoms. The molecule has 3 fully saturated rings. The average Bonchev–Trinajstić information content (AvgIpc) is 2.88. The molecule has 4 nitrogen and oxygen atoms in total. The molecule has 134 valence electrons. The molecule has 0 unspecified atom stereocenters. The minimum atomic E-state index is -0.565. The predicted molar refractivity (Wildman–Crippen MR) is 95.1 cm³/mol. The lowest BCUT2D eigenvalue weighted by atomic mass is 9.70. The maximum absolute atomic E-state index is 13.1. The molecule has 1 saturated heterocycles. The molecule has 3 aliphatic rings. The van der Waals surface area contributed by atoms with Gasteiger partial charge in [0.15, 0.2) is 0 Å². The zero-order valence-electron chi connectivity index (χ0n) is 14.4. The molecular weight excluding hydrogens is 338 g/mol. The summed E-state index contributed by atoms with van der Waals surface area (Å²) in [4.78, 5) is 25.1. The highest BCUT2D eigenvalue weighted by Crippen LogP contribution is 2.46. The van der Waals surface area contributed by atoms with E-state index in [9.17, 15) is 9.59 Å². The molecule has 1 aromatic carbocycles. The second-order valence-electron chi connectivity index (χ2n) is 7.79. The van der Waals surface area contributed by atoms with Crippen molar-refractivity contribution in [1.82, 2.24) is 5.32 Å². The van der Waals surface area contributed by atoms with Crippen molar-refractivity contribution in [2.45, 2.75) is 68.9 Å². The van der Waals surface area contributed by atoms with Gasteiger partial charge in [-0.1, -0.05) is 30.2 Å². The van der Waals surface area contributed by atoms with E-state index in [0.29, 0.717) is 5.02 Å². The van der Waals surface area contributed by atoms with Gasteiger partial charge in [-0.2, -0.15) is 0 Å². The lowest BCUT2D eigenvalue weighted by molar-refractivity contribution is -0.154. The Morgan fingerprint density at radius 1 is 1.04 bits per heavy atom. The van der Waals surface area contributed by atoms with Crippen LogP contribution in [0.2, 0.25) is 5.02 Å². The van der Waals surface area contributed by atoms with Gasteiger partial charge >= 0.3 is 5.97 Å². The molecule has 1 heterocycles. The number of ether oxygens (including phenoxy) is 1. The normalized spacial score (nSPS) is 26.8. The summed E-state index contributed by atoms with van der Waals surface area (Å²) in [6.45, 7) is 0. The molecule has 1 atom stereocenters.